The number of aromatic nitrogens is 1. The lowest BCUT2D eigenvalue weighted by molar-refractivity contribution is 0.0697. The molecule has 1 N–H and O–H groups in total. The number of hydrogen-bond acceptors (Lipinski definition) is 5. The minimum absolute atomic E-state index is 0.270. The Hall–Kier alpha value is -1.53. The minimum Gasteiger partial charge on any atom is -0.494 e. The van der Waals surface area contributed by atoms with Crippen molar-refractivity contribution in [1.82, 2.24) is 4.98 Å². The van der Waals surface area contributed by atoms with Gasteiger partial charge >= 0.3 is 5.97 Å². The molecule has 6 heteroatoms. The summed E-state index contributed by atoms with van der Waals surface area (Å²) >= 11 is 3.40. The first-order valence-corrected chi connectivity index (χ1v) is 8.03. The van der Waals surface area contributed by atoms with Crippen molar-refractivity contribution < 1.29 is 14.6 Å². The van der Waals surface area contributed by atoms with E-state index in [1.165, 1.54) is 0 Å². The van der Waals surface area contributed by atoms with Crippen LogP contribution in [0.3, 0.4) is 0 Å². The Morgan fingerprint density at radius 1 is 1.40 bits per heavy atom. The van der Waals surface area contributed by atoms with Crippen molar-refractivity contribution in [3.63, 3.8) is 0 Å². The number of ether oxygens (including phenoxy) is 1. The van der Waals surface area contributed by atoms with Gasteiger partial charge in [-0.15, -0.1) is 11.3 Å². The molecule has 0 bridgehead atoms. The van der Waals surface area contributed by atoms with Crippen LogP contribution in [0, 0.1) is 6.92 Å². The van der Waals surface area contributed by atoms with E-state index < -0.39 is 5.97 Å². The van der Waals surface area contributed by atoms with Crippen molar-refractivity contribution in [3.8, 4) is 5.75 Å². The van der Waals surface area contributed by atoms with E-state index in [0.29, 0.717) is 12.4 Å². The Bertz CT molecular complexity index is 566. The number of thioether (sulfide) groups is 1. The second-order valence-corrected chi connectivity index (χ2v) is 6.33. The van der Waals surface area contributed by atoms with Gasteiger partial charge < -0.3 is 9.84 Å². The molecule has 0 saturated carbocycles. The number of carbonyl (C=O) groups is 1. The number of rotatable bonds is 7. The summed E-state index contributed by atoms with van der Waals surface area (Å²) in [5.74, 6) is 0.733. The second kappa shape index (κ2) is 7.31. The van der Waals surface area contributed by atoms with Gasteiger partial charge in [0.1, 0.15) is 10.1 Å². The zero-order valence-corrected chi connectivity index (χ0v) is 12.7. The van der Waals surface area contributed by atoms with Crippen molar-refractivity contribution in [2.24, 2.45) is 0 Å². The highest BCUT2D eigenvalue weighted by Crippen LogP contribution is 2.23. The number of carboxylic acid groups (broad SMARTS) is 1. The van der Waals surface area contributed by atoms with Gasteiger partial charge in [0.05, 0.1) is 12.2 Å². The van der Waals surface area contributed by atoms with Crippen LogP contribution in [0.1, 0.15) is 22.5 Å². The van der Waals surface area contributed by atoms with E-state index in [1.807, 2.05) is 12.3 Å². The summed E-state index contributed by atoms with van der Waals surface area (Å²) in [5, 5.41) is 10.8. The number of benzene rings is 1. The standard InChI is InChI=1S/C14H15NO3S2/c1-10-9-20-14(15-10)19-8-2-7-18-12-5-3-11(4-6-12)13(16)17/h3-6,9H,2,7-8H2,1H3,(H,16,17). The average Bonchev–Trinajstić information content (AvgIpc) is 2.84. The molecule has 0 spiro atoms. The lowest BCUT2D eigenvalue weighted by Crippen LogP contribution is -2.00. The summed E-state index contributed by atoms with van der Waals surface area (Å²) in [6.45, 7) is 2.61. The molecule has 0 aliphatic rings. The third-order valence-electron chi connectivity index (χ3n) is 2.48. The maximum absolute atomic E-state index is 10.7. The van der Waals surface area contributed by atoms with Crippen LogP contribution in [0.15, 0.2) is 34.0 Å². The molecule has 0 atom stereocenters. The van der Waals surface area contributed by atoms with Gasteiger partial charge in [-0.1, -0.05) is 11.8 Å². The Morgan fingerprint density at radius 2 is 2.15 bits per heavy atom. The molecule has 1 heterocycles. The quantitative estimate of drug-likeness (QED) is 0.624. The van der Waals surface area contributed by atoms with Gasteiger partial charge in [-0.05, 0) is 37.6 Å². The van der Waals surface area contributed by atoms with Crippen LogP contribution in [0.2, 0.25) is 0 Å². The van der Waals surface area contributed by atoms with Crippen LogP contribution in [-0.4, -0.2) is 28.4 Å². The Morgan fingerprint density at radius 3 is 2.75 bits per heavy atom. The summed E-state index contributed by atoms with van der Waals surface area (Å²) in [6.07, 6.45) is 0.921. The molecule has 0 aliphatic heterocycles. The third kappa shape index (κ3) is 4.54. The molecule has 0 aliphatic carbocycles. The van der Waals surface area contributed by atoms with Crippen molar-refractivity contribution in [2.45, 2.75) is 17.7 Å². The van der Waals surface area contributed by atoms with Crippen LogP contribution < -0.4 is 4.74 Å². The highest BCUT2D eigenvalue weighted by molar-refractivity contribution is 8.00. The molecule has 0 fully saturated rings. The molecule has 4 nitrogen and oxygen atoms in total. The van der Waals surface area contributed by atoms with Crippen molar-refractivity contribution in [2.75, 3.05) is 12.4 Å². The van der Waals surface area contributed by atoms with Gasteiger partial charge in [0.25, 0.3) is 0 Å². The largest absolute Gasteiger partial charge is 0.494 e. The maximum Gasteiger partial charge on any atom is 0.335 e. The number of thiazole rings is 1. The summed E-state index contributed by atoms with van der Waals surface area (Å²) < 4.78 is 6.65. The predicted molar refractivity (Wildman–Crippen MR) is 81.1 cm³/mol. The predicted octanol–water partition coefficient (Wildman–Crippen LogP) is 3.71. The lowest BCUT2D eigenvalue weighted by Gasteiger charge is -2.05. The van der Waals surface area contributed by atoms with E-state index in [1.54, 1.807) is 47.4 Å². The van der Waals surface area contributed by atoms with Crippen LogP contribution in [0.5, 0.6) is 5.75 Å². The molecule has 0 unspecified atom stereocenters. The van der Waals surface area contributed by atoms with Gasteiger partial charge in [0, 0.05) is 16.8 Å². The number of carboxylic acids is 1. The van der Waals surface area contributed by atoms with Crippen molar-refractivity contribution >= 4 is 29.1 Å². The van der Waals surface area contributed by atoms with Crippen LogP contribution in [0.4, 0.5) is 0 Å². The van der Waals surface area contributed by atoms with Crippen molar-refractivity contribution in [3.05, 3.63) is 40.9 Å². The van der Waals surface area contributed by atoms with Gasteiger partial charge in [-0.2, -0.15) is 0 Å². The fourth-order valence-corrected chi connectivity index (χ4v) is 3.33. The topological polar surface area (TPSA) is 59.4 Å². The van der Waals surface area contributed by atoms with Crippen molar-refractivity contribution in [1.29, 1.82) is 0 Å². The zero-order chi connectivity index (χ0) is 14.4. The molecular weight excluding hydrogens is 294 g/mol. The summed E-state index contributed by atoms with van der Waals surface area (Å²) in [5.41, 5.74) is 1.33. The molecule has 2 aromatic rings. The van der Waals surface area contributed by atoms with Crippen LogP contribution in [-0.2, 0) is 0 Å². The first kappa shape index (κ1) is 14.9. The Balaban J connectivity index is 1.66. The molecule has 1 aromatic carbocycles. The molecule has 0 amide bonds. The molecule has 0 radical (unpaired) electrons. The molecule has 20 heavy (non-hydrogen) atoms. The van der Waals surface area contributed by atoms with Crippen LogP contribution in [0.25, 0.3) is 0 Å². The minimum atomic E-state index is -0.924. The highest BCUT2D eigenvalue weighted by Gasteiger charge is 2.02. The molecule has 2 rings (SSSR count). The van der Waals surface area contributed by atoms with E-state index in [9.17, 15) is 4.79 Å². The number of hydrogen-bond donors (Lipinski definition) is 1. The lowest BCUT2D eigenvalue weighted by atomic mass is 10.2. The zero-order valence-electron chi connectivity index (χ0n) is 11.0. The number of aryl methyl sites for hydroxylation is 1. The first-order chi connectivity index (χ1) is 9.65. The SMILES string of the molecule is Cc1csc(SCCCOc2ccc(C(=O)O)cc2)n1. The number of nitrogens with zero attached hydrogens (tertiary/aromatic N) is 1. The monoisotopic (exact) mass is 309 g/mol. The Kier molecular flexibility index (Phi) is 5.43. The Labute approximate surface area is 125 Å². The summed E-state index contributed by atoms with van der Waals surface area (Å²) in [7, 11) is 0. The third-order valence-corrected chi connectivity index (χ3v) is 4.71. The molecule has 106 valence electrons. The second-order valence-electron chi connectivity index (χ2n) is 4.13. The number of aromatic carboxylic acids is 1. The van der Waals surface area contributed by atoms with Gasteiger partial charge in [0.15, 0.2) is 0 Å². The maximum atomic E-state index is 10.7. The molecule has 0 saturated heterocycles. The highest BCUT2D eigenvalue weighted by atomic mass is 32.2. The van der Waals surface area contributed by atoms with Gasteiger partial charge in [-0.3, -0.25) is 0 Å². The fourth-order valence-electron chi connectivity index (χ4n) is 1.50. The summed E-state index contributed by atoms with van der Waals surface area (Å²) in [6, 6.07) is 6.46. The van der Waals surface area contributed by atoms with Gasteiger partial charge in [-0.25, -0.2) is 9.78 Å². The smallest absolute Gasteiger partial charge is 0.335 e. The molecule has 1 aromatic heterocycles. The normalized spacial score (nSPS) is 10.4. The fraction of sp³-hybridized carbons (Fsp3) is 0.286. The van der Waals surface area contributed by atoms with E-state index in [2.05, 4.69) is 4.98 Å². The van der Waals surface area contributed by atoms with E-state index >= 15 is 0 Å². The summed E-state index contributed by atoms with van der Waals surface area (Å²) in [4.78, 5) is 15.1. The molecular formula is C14H15NO3S2. The first-order valence-electron chi connectivity index (χ1n) is 6.16. The van der Waals surface area contributed by atoms with Gasteiger partial charge in [0.2, 0.25) is 0 Å². The van der Waals surface area contributed by atoms with E-state index in [0.717, 1.165) is 22.2 Å². The van der Waals surface area contributed by atoms with E-state index in [-0.39, 0.29) is 5.56 Å². The van der Waals surface area contributed by atoms with Crippen LogP contribution >= 0.6 is 23.1 Å². The van der Waals surface area contributed by atoms with E-state index in [4.69, 9.17) is 9.84 Å². The average molecular weight is 309 g/mol.